The van der Waals surface area contributed by atoms with Crippen molar-refractivity contribution in [3.8, 4) is 0 Å². The molecule has 1 aliphatic heterocycles. The number of piperidine rings is 1. The maximum absolute atomic E-state index is 12.2. The first kappa shape index (κ1) is 17.3. The lowest BCUT2D eigenvalue weighted by Gasteiger charge is -2.33. The lowest BCUT2D eigenvalue weighted by Crippen LogP contribution is -2.42. The summed E-state index contributed by atoms with van der Waals surface area (Å²) < 4.78 is 10.2. The van der Waals surface area contributed by atoms with E-state index < -0.39 is 11.6 Å². The highest BCUT2D eigenvalue weighted by atomic mass is 16.6. The Morgan fingerprint density at radius 2 is 2.04 bits per heavy atom. The van der Waals surface area contributed by atoms with Gasteiger partial charge in [-0.2, -0.15) is 0 Å². The normalized spacial score (nSPS) is 18.7. The van der Waals surface area contributed by atoms with Crippen molar-refractivity contribution in [2.45, 2.75) is 52.1 Å². The smallest absolute Gasteiger partial charge is 0.410 e. The van der Waals surface area contributed by atoms with Gasteiger partial charge < -0.3 is 19.4 Å². The number of nitrogens with zero attached hydrogens (tertiary/aromatic N) is 2. The summed E-state index contributed by atoms with van der Waals surface area (Å²) in [4.78, 5) is 33.1. The van der Waals surface area contributed by atoms with Crippen LogP contribution in [0.1, 0.15) is 61.5 Å². The number of hydrogen-bond acceptors (Lipinski definition) is 5. The van der Waals surface area contributed by atoms with Gasteiger partial charge in [0.15, 0.2) is 5.69 Å². The van der Waals surface area contributed by atoms with Crippen molar-refractivity contribution in [3.05, 3.63) is 17.2 Å². The Morgan fingerprint density at radius 3 is 2.65 bits per heavy atom. The minimum Gasteiger partial charge on any atom is -0.464 e. The average molecular weight is 323 g/mol. The fourth-order valence-corrected chi connectivity index (χ4v) is 2.66. The van der Waals surface area contributed by atoms with Crippen molar-refractivity contribution in [2.75, 3.05) is 20.2 Å². The molecule has 1 N–H and O–H groups in total. The van der Waals surface area contributed by atoms with Crippen LogP contribution in [0.5, 0.6) is 0 Å². The number of likely N-dealkylation sites (tertiary alicyclic amines) is 1. The molecule has 0 aromatic carbocycles. The number of carbonyl (C=O) groups is 2. The molecule has 0 spiro atoms. The van der Waals surface area contributed by atoms with Crippen LogP contribution in [0.3, 0.4) is 0 Å². The van der Waals surface area contributed by atoms with Gasteiger partial charge in [0.05, 0.1) is 7.11 Å². The van der Waals surface area contributed by atoms with Crippen LogP contribution in [0.2, 0.25) is 0 Å². The maximum Gasteiger partial charge on any atom is 0.410 e. The third-order valence-electron chi connectivity index (χ3n) is 3.74. The molecule has 0 aliphatic carbocycles. The topological polar surface area (TPSA) is 84.5 Å². The fourth-order valence-electron chi connectivity index (χ4n) is 2.66. The fraction of sp³-hybridized carbons (Fsp3) is 0.688. The van der Waals surface area contributed by atoms with Crippen LogP contribution in [0.4, 0.5) is 4.79 Å². The van der Waals surface area contributed by atoms with Crippen LogP contribution in [0.15, 0.2) is 0 Å². The molecule has 1 fully saturated rings. The second-order valence-corrected chi connectivity index (χ2v) is 6.85. The molecule has 2 rings (SSSR count). The van der Waals surface area contributed by atoms with E-state index in [1.54, 1.807) is 11.8 Å². The number of aromatic nitrogens is 2. The highest BCUT2D eigenvalue weighted by molar-refractivity contribution is 5.88. The Morgan fingerprint density at radius 1 is 1.35 bits per heavy atom. The molecule has 7 heteroatoms. The van der Waals surface area contributed by atoms with Crippen molar-refractivity contribution in [1.29, 1.82) is 0 Å². The van der Waals surface area contributed by atoms with Crippen molar-refractivity contribution in [3.63, 3.8) is 0 Å². The molecule has 1 atom stereocenters. The van der Waals surface area contributed by atoms with Gasteiger partial charge in [-0.15, -0.1) is 0 Å². The zero-order chi connectivity index (χ0) is 17.2. The molecule has 1 saturated heterocycles. The Hall–Kier alpha value is -2.05. The molecule has 1 amide bonds. The number of imidazole rings is 1. The van der Waals surface area contributed by atoms with Crippen LogP contribution in [-0.4, -0.2) is 52.7 Å². The summed E-state index contributed by atoms with van der Waals surface area (Å²) in [6.45, 7) is 8.55. The third kappa shape index (κ3) is 4.24. The summed E-state index contributed by atoms with van der Waals surface area (Å²) in [6.07, 6.45) is 1.48. The molecular formula is C16H25N3O4. The highest BCUT2D eigenvalue weighted by Crippen LogP contribution is 2.27. The Balaban J connectivity index is 2.09. The van der Waals surface area contributed by atoms with E-state index in [4.69, 9.17) is 9.47 Å². The third-order valence-corrected chi connectivity index (χ3v) is 3.74. The minimum atomic E-state index is -0.511. The van der Waals surface area contributed by atoms with Crippen LogP contribution < -0.4 is 0 Å². The second kappa shape index (κ2) is 6.60. The molecule has 0 radical (unpaired) electrons. The van der Waals surface area contributed by atoms with Gasteiger partial charge in [-0.3, -0.25) is 0 Å². The standard InChI is InChI=1S/C16H25N3O4/c1-10-12(14(20)22-5)18-13(17-10)11-7-6-8-19(9-11)15(21)23-16(2,3)4/h11H,6-9H2,1-5H3,(H,17,18). The van der Waals surface area contributed by atoms with Gasteiger partial charge in [-0.05, 0) is 40.5 Å². The molecule has 128 valence electrons. The molecule has 7 nitrogen and oxygen atoms in total. The summed E-state index contributed by atoms with van der Waals surface area (Å²) in [5.74, 6) is 0.328. The summed E-state index contributed by atoms with van der Waals surface area (Å²) in [7, 11) is 1.33. The average Bonchev–Trinajstić information content (AvgIpc) is 2.87. The Kier molecular flexibility index (Phi) is 4.97. The Labute approximate surface area is 136 Å². The molecule has 2 heterocycles. The molecule has 1 aromatic rings. The zero-order valence-electron chi connectivity index (χ0n) is 14.4. The molecular weight excluding hydrogens is 298 g/mol. The first-order valence-electron chi connectivity index (χ1n) is 7.84. The van der Waals surface area contributed by atoms with Crippen molar-refractivity contribution in [2.24, 2.45) is 0 Å². The maximum atomic E-state index is 12.2. The predicted octanol–water partition coefficient (Wildman–Crippen LogP) is 2.62. The molecule has 1 aliphatic rings. The van der Waals surface area contributed by atoms with Crippen LogP contribution >= 0.6 is 0 Å². The Bertz CT molecular complexity index is 589. The van der Waals surface area contributed by atoms with E-state index in [1.165, 1.54) is 7.11 Å². The van der Waals surface area contributed by atoms with Gasteiger partial charge in [-0.25, -0.2) is 14.6 Å². The van der Waals surface area contributed by atoms with E-state index in [0.717, 1.165) is 18.7 Å². The summed E-state index contributed by atoms with van der Waals surface area (Å²) in [6, 6.07) is 0. The zero-order valence-corrected chi connectivity index (χ0v) is 14.4. The van der Waals surface area contributed by atoms with E-state index in [1.807, 2.05) is 20.8 Å². The SMILES string of the molecule is COC(=O)c1nc(C2CCCN(C(=O)OC(C)(C)C)C2)[nH]c1C. The first-order chi connectivity index (χ1) is 10.7. The number of rotatable bonds is 2. The molecule has 0 bridgehead atoms. The number of carbonyl (C=O) groups excluding carboxylic acids is 2. The summed E-state index contributed by atoms with van der Waals surface area (Å²) >= 11 is 0. The lowest BCUT2D eigenvalue weighted by atomic mass is 9.98. The number of amides is 1. The van der Waals surface area contributed by atoms with E-state index in [9.17, 15) is 9.59 Å². The van der Waals surface area contributed by atoms with Crippen molar-refractivity contribution < 1.29 is 19.1 Å². The van der Waals surface area contributed by atoms with Crippen LogP contribution in [-0.2, 0) is 9.47 Å². The number of ether oxygens (including phenoxy) is 2. The number of esters is 1. The van der Waals surface area contributed by atoms with E-state index in [0.29, 0.717) is 24.5 Å². The monoisotopic (exact) mass is 323 g/mol. The minimum absolute atomic E-state index is 0.0633. The number of H-pyrrole nitrogens is 1. The van der Waals surface area contributed by atoms with Gasteiger partial charge in [0, 0.05) is 24.7 Å². The predicted molar refractivity (Wildman–Crippen MR) is 84.4 cm³/mol. The highest BCUT2D eigenvalue weighted by Gasteiger charge is 2.30. The van der Waals surface area contributed by atoms with E-state index in [-0.39, 0.29) is 12.0 Å². The second-order valence-electron chi connectivity index (χ2n) is 6.85. The number of nitrogens with one attached hydrogen (secondary N) is 1. The van der Waals surface area contributed by atoms with E-state index in [2.05, 4.69) is 9.97 Å². The van der Waals surface area contributed by atoms with Gasteiger partial charge >= 0.3 is 12.1 Å². The van der Waals surface area contributed by atoms with Gasteiger partial charge in [0.25, 0.3) is 0 Å². The van der Waals surface area contributed by atoms with Crippen LogP contribution in [0.25, 0.3) is 0 Å². The largest absolute Gasteiger partial charge is 0.464 e. The van der Waals surface area contributed by atoms with Gasteiger partial charge in [0.2, 0.25) is 0 Å². The number of aromatic amines is 1. The lowest BCUT2D eigenvalue weighted by molar-refractivity contribution is 0.0195. The van der Waals surface area contributed by atoms with Gasteiger partial charge in [-0.1, -0.05) is 0 Å². The first-order valence-corrected chi connectivity index (χ1v) is 7.84. The number of aryl methyl sites for hydroxylation is 1. The van der Waals surface area contributed by atoms with Crippen molar-refractivity contribution >= 4 is 12.1 Å². The molecule has 23 heavy (non-hydrogen) atoms. The molecule has 1 unspecified atom stereocenters. The summed E-state index contributed by atoms with van der Waals surface area (Å²) in [5, 5.41) is 0. The van der Waals surface area contributed by atoms with E-state index >= 15 is 0 Å². The molecule has 0 saturated carbocycles. The quantitative estimate of drug-likeness (QED) is 0.846. The van der Waals surface area contributed by atoms with Crippen molar-refractivity contribution in [1.82, 2.24) is 14.9 Å². The number of methoxy groups -OCH3 is 1. The molecule has 1 aromatic heterocycles. The summed E-state index contributed by atoms with van der Waals surface area (Å²) in [5.41, 5.74) is 0.474. The van der Waals surface area contributed by atoms with Crippen LogP contribution in [0, 0.1) is 6.92 Å². The van der Waals surface area contributed by atoms with Gasteiger partial charge in [0.1, 0.15) is 11.4 Å². The number of hydrogen-bond donors (Lipinski definition) is 1.